The van der Waals surface area contributed by atoms with Crippen LogP contribution in [-0.2, 0) is 23.7 Å². The molecule has 1 aliphatic carbocycles. The van der Waals surface area contributed by atoms with E-state index in [2.05, 4.69) is 13.0 Å². The fourth-order valence-corrected chi connectivity index (χ4v) is 3.47. The van der Waals surface area contributed by atoms with Crippen molar-refractivity contribution in [3.8, 4) is 0 Å². The van der Waals surface area contributed by atoms with Gasteiger partial charge >= 0.3 is 0 Å². The summed E-state index contributed by atoms with van der Waals surface area (Å²) in [5, 5.41) is 0. The van der Waals surface area contributed by atoms with E-state index in [0.717, 1.165) is 12.8 Å². The third-order valence-corrected chi connectivity index (χ3v) is 4.46. The van der Waals surface area contributed by atoms with Crippen molar-refractivity contribution in [1.29, 1.82) is 0 Å². The summed E-state index contributed by atoms with van der Waals surface area (Å²) in [4.78, 5) is 0. The standard InChI is InChI=1S/C15H24O5/c1-10-5-6-15(8-17-9-16-4)11(7-10)18-13-12(15)19-14(2,3)20-13/h7,11-13H,5-6,8-9H2,1-4H3/t11-,12+,13-,15-/m1/s1. The number of hydrogen-bond donors (Lipinski definition) is 0. The molecule has 0 bridgehead atoms. The summed E-state index contributed by atoms with van der Waals surface area (Å²) in [6.07, 6.45) is 3.84. The van der Waals surface area contributed by atoms with Crippen LogP contribution >= 0.6 is 0 Å². The zero-order chi connectivity index (χ0) is 14.4. The Hall–Kier alpha value is -0.460. The minimum absolute atomic E-state index is 0.000735. The van der Waals surface area contributed by atoms with E-state index in [1.807, 2.05) is 13.8 Å². The molecule has 114 valence electrons. The molecule has 5 nitrogen and oxygen atoms in total. The predicted molar refractivity (Wildman–Crippen MR) is 72.0 cm³/mol. The van der Waals surface area contributed by atoms with Crippen molar-refractivity contribution in [2.45, 2.75) is 57.9 Å². The lowest BCUT2D eigenvalue weighted by Gasteiger charge is -2.39. The Kier molecular flexibility index (Phi) is 3.67. The highest BCUT2D eigenvalue weighted by atomic mass is 16.8. The van der Waals surface area contributed by atoms with E-state index in [4.69, 9.17) is 23.7 Å². The van der Waals surface area contributed by atoms with Crippen molar-refractivity contribution in [1.82, 2.24) is 0 Å². The topological polar surface area (TPSA) is 46.2 Å². The van der Waals surface area contributed by atoms with Gasteiger partial charge in [0.05, 0.1) is 18.1 Å². The molecule has 4 atom stereocenters. The van der Waals surface area contributed by atoms with Crippen LogP contribution in [0.15, 0.2) is 11.6 Å². The molecule has 0 saturated carbocycles. The van der Waals surface area contributed by atoms with E-state index in [9.17, 15) is 0 Å². The van der Waals surface area contributed by atoms with Crippen LogP contribution in [0.1, 0.15) is 33.6 Å². The number of allylic oxidation sites excluding steroid dienone is 1. The van der Waals surface area contributed by atoms with E-state index in [1.165, 1.54) is 5.57 Å². The monoisotopic (exact) mass is 284 g/mol. The first-order valence-electron chi connectivity index (χ1n) is 7.22. The largest absolute Gasteiger partial charge is 0.359 e. The number of methoxy groups -OCH3 is 1. The van der Waals surface area contributed by atoms with Crippen LogP contribution in [0.4, 0.5) is 0 Å². The maximum atomic E-state index is 6.11. The van der Waals surface area contributed by atoms with Gasteiger partial charge in [0.2, 0.25) is 0 Å². The summed E-state index contributed by atoms with van der Waals surface area (Å²) in [7, 11) is 1.63. The van der Waals surface area contributed by atoms with Crippen LogP contribution < -0.4 is 0 Å². The van der Waals surface area contributed by atoms with Crippen LogP contribution in [0.3, 0.4) is 0 Å². The second-order valence-corrected chi connectivity index (χ2v) is 6.48. The molecule has 0 aromatic rings. The molecule has 2 heterocycles. The van der Waals surface area contributed by atoms with Gasteiger partial charge in [0.15, 0.2) is 12.1 Å². The third kappa shape index (κ3) is 2.31. The zero-order valence-corrected chi connectivity index (χ0v) is 12.7. The maximum absolute atomic E-state index is 6.11. The Labute approximate surface area is 120 Å². The lowest BCUT2D eigenvalue weighted by atomic mass is 9.71. The van der Waals surface area contributed by atoms with Gasteiger partial charge < -0.3 is 23.7 Å². The lowest BCUT2D eigenvalue weighted by molar-refractivity contribution is -0.220. The minimum Gasteiger partial charge on any atom is -0.359 e. The number of fused-ring (bicyclic) bond motifs is 3. The molecule has 0 unspecified atom stereocenters. The molecular weight excluding hydrogens is 260 g/mol. The average molecular weight is 284 g/mol. The minimum atomic E-state index is -0.592. The maximum Gasteiger partial charge on any atom is 0.188 e. The molecule has 2 fully saturated rings. The molecular formula is C15H24O5. The van der Waals surface area contributed by atoms with Gasteiger partial charge in [-0.2, -0.15) is 0 Å². The highest BCUT2D eigenvalue weighted by molar-refractivity contribution is 5.19. The number of rotatable bonds is 4. The second-order valence-electron chi connectivity index (χ2n) is 6.48. The number of ether oxygens (including phenoxy) is 5. The molecule has 3 aliphatic rings. The Balaban J connectivity index is 1.84. The van der Waals surface area contributed by atoms with E-state index < -0.39 is 5.79 Å². The number of hydrogen-bond acceptors (Lipinski definition) is 5. The summed E-state index contributed by atoms with van der Waals surface area (Å²) in [5.74, 6) is -0.592. The Morgan fingerprint density at radius 2 is 2.15 bits per heavy atom. The predicted octanol–water partition coefficient (Wildman–Crippen LogP) is 2.21. The summed E-state index contributed by atoms with van der Waals surface area (Å²) >= 11 is 0. The van der Waals surface area contributed by atoms with E-state index in [0.29, 0.717) is 13.4 Å². The van der Waals surface area contributed by atoms with Crippen LogP contribution in [0.25, 0.3) is 0 Å². The normalized spacial score (nSPS) is 42.2. The molecule has 0 radical (unpaired) electrons. The van der Waals surface area contributed by atoms with Crippen molar-refractivity contribution < 1.29 is 23.7 Å². The van der Waals surface area contributed by atoms with E-state index >= 15 is 0 Å². The second kappa shape index (κ2) is 5.07. The summed E-state index contributed by atoms with van der Waals surface area (Å²) in [6.45, 7) is 6.85. The van der Waals surface area contributed by atoms with Crippen molar-refractivity contribution in [3.63, 3.8) is 0 Å². The molecule has 20 heavy (non-hydrogen) atoms. The molecule has 0 aromatic heterocycles. The summed E-state index contributed by atoms with van der Waals surface area (Å²) in [5.41, 5.74) is 1.19. The Morgan fingerprint density at radius 1 is 1.35 bits per heavy atom. The molecule has 0 spiro atoms. The summed E-state index contributed by atoms with van der Waals surface area (Å²) in [6, 6.07) is 0. The van der Waals surface area contributed by atoms with Gasteiger partial charge in [-0.05, 0) is 33.6 Å². The molecule has 0 aromatic carbocycles. The zero-order valence-electron chi connectivity index (χ0n) is 12.7. The smallest absolute Gasteiger partial charge is 0.188 e. The summed E-state index contributed by atoms with van der Waals surface area (Å²) < 4.78 is 28.7. The fraction of sp³-hybridized carbons (Fsp3) is 0.867. The van der Waals surface area contributed by atoms with Crippen LogP contribution in [-0.4, -0.2) is 44.8 Å². The first-order chi connectivity index (χ1) is 9.47. The molecule has 2 aliphatic heterocycles. The van der Waals surface area contributed by atoms with Crippen molar-refractivity contribution in [2.75, 3.05) is 20.5 Å². The molecule has 3 rings (SSSR count). The van der Waals surface area contributed by atoms with Crippen LogP contribution in [0.2, 0.25) is 0 Å². The van der Waals surface area contributed by atoms with Gasteiger partial charge in [-0.25, -0.2) is 0 Å². The van der Waals surface area contributed by atoms with Gasteiger partial charge in [-0.15, -0.1) is 0 Å². The van der Waals surface area contributed by atoms with Gasteiger partial charge in [0, 0.05) is 7.11 Å². The van der Waals surface area contributed by atoms with E-state index in [1.54, 1.807) is 7.11 Å². The third-order valence-electron chi connectivity index (χ3n) is 4.46. The van der Waals surface area contributed by atoms with Gasteiger partial charge in [0.25, 0.3) is 0 Å². The van der Waals surface area contributed by atoms with E-state index in [-0.39, 0.29) is 23.9 Å². The van der Waals surface area contributed by atoms with Crippen LogP contribution in [0.5, 0.6) is 0 Å². The first-order valence-corrected chi connectivity index (χ1v) is 7.22. The van der Waals surface area contributed by atoms with Gasteiger partial charge in [-0.3, -0.25) is 0 Å². The van der Waals surface area contributed by atoms with Crippen LogP contribution in [0, 0.1) is 5.41 Å². The molecule has 0 amide bonds. The van der Waals surface area contributed by atoms with Crippen molar-refractivity contribution in [3.05, 3.63) is 11.6 Å². The Bertz CT molecular complexity index is 405. The van der Waals surface area contributed by atoms with Gasteiger partial charge in [-0.1, -0.05) is 11.6 Å². The fourth-order valence-electron chi connectivity index (χ4n) is 3.47. The highest BCUT2D eigenvalue weighted by Gasteiger charge is 2.63. The Morgan fingerprint density at radius 3 is 2.90 bits per heavy atom. The lowest BCUT2D eigenvalue weighted by Crippen LogP contribution is -2.47. The average Bonchev–Trinajstić information content (AvgIpc) is 2.81. The molecule has 2 saturated heterocycles. The first kappa shape index (κ1) is 14.5. The van der Waals surface area contributed by atoms with Crippen molar-refractivity contribution in [2.24, 2.45) is 5.41 Å². The highest BCUT2D eigenvalue weighted by Crippen LogP contribution is 2.53. The van der Waals surface area contributed by atoms with Gasteiger partial charge in [0.1, 0.15) is 12.9 Å². The van der Waals surface area contributed by atoms with Crippen molar-refractivity contribution >= 4 is 0 Å². The quantitative estimate of drug-likeness (QED) is 0.450. The molecule has 5 heteroatoms. The SMILES string of the molecule is COCOC[C@]12CCC(C)=C[C@H]1O[C@@H]1OC(C)(C)O[C@@H]12. The molecule has 0 N–H and O–H groups in total.